The molecule has 0 amide bonds. The zero-order valence-corrected chi connectivity index (χ0v) is 10.3. The van der Waals surface area contributed by atoms with E-state index in [0.717, 1.165) is 15.6 Å². The number of alkyl halides is 2. The maximum absolute atomic E-state index is 12.6. The molecule has 1 nitrogen and oxygen atoms in total. The quantitative estimate of drug-likeness (QED) is 0.902. The summed E-state index contributed by atoms with van der Waals surface area (Å²) in [6.07, 6.45) is -2.36. The highest BCUT2D eigenvalue weighted by Crippen LogP contribution is 2.24. The molecule has 84 valence electrons. The molecule has 1 aromatic carbocycles. The molecule has 0 radical (unpaired) electrons. The molecule has 15 heavy (non-hydrogen) atoms. The molecule has 0 aliphatic heterocycles. The van der Waals surface area contributed by atoms with E-state index in [1.807, 2.05) is 25.1 Å². The van der Waals surface area contributed by atoms with Gasteiger partial charge in [0, 0.05) is 4.47 Å². The van der Waals surface area contributed by atoms with Crippen LogP contribution in [0.25, 0.3) is 0 Å². The van der Waals surface area contributed by atoms with Crippen LogP contribution in [-0.4, -0.2) is 12.0 Å². The topological polar surface area (TPSA) is 26.0 Å². The van der Waals surface area contributed by atoms with Gasteiger partial charge in [0.2, 0.25) is 0 Å². The van der Waals surface area contributed by atoms with Crippen LogP contribution in [0.1, 0.15) is 18.1 Å². The van der Waals surface area contributed by atoms with E-state index in [9.17, 15) is 8.78 Å². The molecular weight excluding hydrogens is 264 g/mol. The van der Waals surface area contributed by atoms with Gasteiger partial charge in [-0.3, -0.25) is 0 Å². The van der Waals surface area contributed by atoms with Gasteiger partial charge in [0.25, 0.3) is 6.43 Å². The average molecular weight is 278 g/mol. The Hall–Kier alpha value is -0.480. The van der Waals surface area contributed by atoms with Gasteiger partial charge in [-0.2, -0.15) is 0 Å². The van der Waals surface area contributed by atoms with E-state index in [-0.39, 0.29) is 6.42 Å². The van der Waals surface area contributed by atoms with Crippen LogP contribution in [0.2, 0.25) is 0 Å². The first-order valence-electron chi connectivity index (χ1n) is 4.65. The first-order valence-corrected chi connectivity index (χ1v) is 5.44. The van der Waals surface area contributed by atoms with E-state index < -0.39 is 12.0 Å². The minimum atomic E-state index is -2.52. The van der Waals surface area contributed by atoms with E-state index in [1.165, 1.54) is 6.92 Å². The fraction of sp³-hybridized carbons (Fsp3) is 0.455. The van der Waals surface area contributed by atoms with Gasteiger partial charge in [0.1, 0.15) is 0 Å². The van der Waals surface area contributed by atoms with Crippen molar-refractivity contribution >= 4 is 15.9 Å². The van der Waals surface area contributed by atoms with Crippen molar-refractivity contribution in [2.24, 2.45) is 5.73 Å². The number of hydrogen-bond acceptors (Lipinski definition) is 1. The maximum Gasteiger partial charge on any atom is 0.256 e. The molecule has 0 fully saturated rings. The number of rotatable bonds is 3. The molecule has 1 rings (SSSR count). The summed E-state index contributed by atoms with van der Waals surface area (Å²) in [7, 11) is 0. The van der Waals surface area contributed by atoms with Gasteiger partial charge in [-0.25, -0.2) is 8.78 Å². The third-order valence-electron chi connectivity index (χ3n) is 2.28. The molecule has 2 N–H and O–H groups in total. The lowest BCUT2D eigenvalue weighted by atomic mass is 9.94. The molecule has 0 aliphatic rings. The molecule has 0 saturated heterocycles. The van der Waals surface area contributed by atoms with Gasteiger partial charge < -0.3 is 5.73 Å². The monoisotopic (exact) mass is 277 g/mol. The van der Waals surface area contributed by atoms with Gasteiger partial charge in [-0.1, -0.05) is 28.1 Å². The SMILES string of the molecule is Cc1ccc(CC(C)(N)C(F)F)c(Br)c1. The second-order valence-corrected chi connectivity index (χ2v) is 4.93. The standard InChI is InChI=1S/C11H14BrF2N/c1-7-3-4-8(9(12)5-7)6-11(2,15)10(13)14/h3-5,10H,6,15H2,1-2H3. The molecular formula is C11H14BrF2N. The van der Waals surface area contributed by atoms with Gasteiger partial charge in [0.05, 0.1) is 5.54 Å². The zero-order valence-electron chi connectivity index (χ0n) is 8.73. The molecule has 0 saturated carbocycles. The molecule has 4 heteroatoms. The molecule has 0 aromatic heterocycles. The highest BCUT2D eigenvalue weighted by molar-refractivity contribution is 9.10. The highest BCUT2D eigenvalue weighted by Gasteiger charge is 2.30. The first-order chi connectivity index (χ1) is 6.83. The lowest BCUT2D eigenvalue weighted by Crippen LogP contribution is -2.45. The second kappa shape index (κ2) is 4.58. The Labute approximate surface area is 96.8 Å². The van der Waals surface area contributed by atoms with E-state index >= 15 is 0 Å². The number of halogens is 3. The molecule has 0 heterocycles. The van der Waals surface area contributed by atoms with Crippen LogP contribution in [0.5, 0.6) is 0 Å². The molecule has 1 unspecified atom stereocenters. The number of nitrogens with two attached hydrogens (primary N) is 1. The minimum Gasteiger partial charge on any atom is -0.320 e. The molecule has 0 spiro atoms. The van der Waals surface area contributed by atoms with Gasteiger partial charge in [-0.05, 0) is 37.5 Å². The van der Waals surface area contributed by atoms with E-state index in [4.69, 9.17) is 5.73 Å². The predicted octanol–water partition coefficient (Wildman–Crippen LogP) is 3.28. The van der Waals surface area contributed by atoms with E-state index in [2.05, 4.69) is 15.9 Å². The summed E-state index contributed by atoms with van der Waals surface area (Å²) in [6, 6.07) is 5.62. The fourth-order valence-corrected chi connectivity index (χ4v) is 1.92. The molecule has 0 bridgehead atoms. The predicted molar refractivity (Wildman–Crippen MR) is 61.2 cm³/mol. The maximum atomic E-state index is 12.6. The van der Waals surface area contributed by atoms with Crippen LogP contribution in [0.4, 0.5) is 8.78 Å². The highest BCUT2D eigenvalue weighted by atomic mass is 79.9. The van der Waals surface area contributed by atoms with Crippen molar-refractivity contribution < 1.29 is 8.78 Å². The van der Waals surface area contributed by atoms with Crippen molar-refractivity contribution in [3.8, 4) is 0 Å². The number of aryl methyl sites for hydroxylation is 1. The van der Waals surface area contributed by atoms with Gasteiger partial charge in [-0.15, -0.1) is 0 Å². The van der Waals surface area contributed by atoms with E-state index in [0.29, 0.717) is 0 Å². The number of benzene rings is 1. The summed E-state index contributed by atoms with van der Waals surface area (Å²) in [5.41, 5.74) is 5.95. The molecule has 1 aromatic rings. The van der Waals surface area contributed by atoms with Crippen LogP contribution < -0.4 is 5.73 Å². The van der Waals surface area contributed by atoms with E-state index in [1.54, 1.807) is 0 Å². The Kier molecular flexibility index (Phi) is 3.84. The Morgan fingerprint density at radius 1 is 1.47 bits per heavy atom. The third kappa shape index (κ3) is 3.24. The van der Waals surface area contributed by atoms with Crippen LogP contribution >= 0.6 is 15.9 Å². The Morgan fingerprint density at radius 3 is 2.53 bits per heavy atom. The summed E-state index contributed by atoms with van der Waals surface area (Å²) in [5, 5.41) is 0. The van der Waals surface area contributed by atoms with Crippen LogP contribution in [0, 0.1) is 6.92 Å². The van der Waals surface area contributed by atoms with Crippen molar-refractivity contribution in [1.29, 1.82) is 0 Å². The summed E-state index contributed by atoms with van der Waals surface area (Å²) in [4.78, 5) is 0. The summed E-state index contributed by atoms with van der Waals surface area (Å²) >= 11 is 3.35. The van der Waals surface area contributed by atoms with Crippen LogP contribution in [-0.2, 0) is 6.42 Å². The van der Waals surface area contributed by atoms with Crippen molar-refractivity contribution in [3.63, 3.8) is 0 Å². The Bertz CT molecular complexity index is 350. The van der Waals surface area contributed by atoms with Crippen LogP contribution in [0.15, 0.2) is 22.7 Å². The average Bonchev–Trinajstić information content (AvgIpc) is 2.09. The van der Waals surface area contributed by atoms with Crippen LogP contribution in [0.3, 0.4) is 0 Å². The lowest BCUT2D eigenvalue weighted by Gasteiger charge is -2.24. The fourth-order valence-electron chi connectivity index (χ4n) is 1.28. The smallest absolute Gasteiger partial charge is 0.256 e. The minimum absolute atomic E-state index is 0.158. The molecule has 1 atom stereocenters. The summed E-state index contributed by atoms with van der Waals surface area (Å²) < 4.78 is 26.0. The van der Waals surface area contributed by atoms with Crippen molar-refractivity contribution in [2.75, 3.05) is 0 Å². The van der Waals surface area contributed by atoms with Gasteiger partial charge >= 0.3 is 0 Å². The molecule has 0 aliphatic carbocycles. The van der Waals surface area contributed by atoms with Crippen molar-refractivity contribution in [1.82, 2.24) is 0 Å². The normalized spacial score (nSPS) is 15.4. The summed E-state index contributed by atoms with van der Waals surface area (Å²) in [5.74, 6) is 0. The zero-order chi connectivity index (χ0) is 11.6. The Morgan fingerprint density at radius 2 is 2.07 bits per heavy atom. The first kappa shape index (κ1) is 12.6. The largest absolute Gasteiger partial charge is 0.320 e. The Balaban J connectivity index is 2.90. The lowest BCUT2D eigenvalue weighted by molar-refractivity contribution is 0.0638. The number of hydrogen-bond donors (Lipinski definition) is 1. The van der Waals surface area contributed by atoms with Crippen molar-refractivity contribution in [3.05, 3.63) is 33.8 Å². The second-order valence-electron chi connectivity index (χ2n) is 4.08. The third-order valence-corrected chi connectivity index (χ3v) is 3.02. The van der Waals surface area contributed by atoms with Crippen molar-refractivity contribution in [2.45, 2.75) is 32.2 Å². The van der Waals surface area contributed by atoms with Gasteiger partial charge in [0.15, 0.2) is 0 Å². The summed E-state index contributed by atoms with van der Waals surface area (Å²) in [6.45, 7) is 3.31.